The number of nitrogens with zero attached hydrogens (tertiary/aromatic N) is 2. The van der Waals surface area contributed by atoms with Crippen LogP contribution in [0, 0.1) is 0 Å². The maximum absolute atomic E-state index is 12.3. The molecule has 1 fully saturated rings. The Morgan fingerprint density at radius 2 is 2.05 bits per heavy atom. The molecule has 1 aromatic carbocycles. The van der Waals surface area contributed by atoms with Gasteiger partial charge in [-0.1, -0.05) is 30.3 Å². The third-order valence-corrected chi connectivity index (χ3v) is 4.35. The number of hydrogen-bond donors (Lipinski definition) is 1. The summed E-state index contributed by atoms with van der Waals surface area (Å²) in [6.07, 6.45) is 1.71. The number of nitrogens with one attached hydrogen (secondary N) is 1. The maximum atomic E-state index is 12.3. The van der Waals surface area contributed by atoms with Gasteiger partial charge < -0.3 is 4.90 Å². The summed E-state index contributed by atoms with van der Waals surface area (Å²) >= 11 is 1.46. The van der Waals surface area contributed by atoms with Gasteiger partial charge in [0.05, 0.1) is 12.1 Å². The van der Waals surface area contributed by atoms with Crippen LogP contribution in [0.15, 0.2) is 42.0 Å². The summed E-state index contributed by atoms with van der Waals surface area (Å²) in [7, 11) is 0. The van der Waals surface area contributed by atoms with Gasteiger partial charge in [0, 0.05) is 11.1 Å². The molecule has 2 heterocycles. The van der Waals surface area contributed by atoms with E-state index >= 15 is 0 Å². The van der Waals surface area contributed by atoms with E-state index in [0.717, 1.165) is 10.4 Å². The molecule has 1 N–H and O–H groups in total. The van der Waals surface area contributed by atoms with E-state index in [1.54, 1.807) is 23.5 Å². The fraction of sp³-hybridized carbons (Fsp3) is 0.214. The average Bonchev–Trinajstić information content (AvgIpc) is 3.04. The number of rotatable bonds is 3. The Hall–Kier alpha value is -2.21. The summed E-state index contributed by atoms with van der Waals surface area (Å²) < 4.78 is 0. The molecule has 0 saturated carbocycles. The van der Waals surface area contributed by atoms with Gasteiger partial charge in [-0.2, -0.15) is 0 Å². The van der Waals surface area contributed by atoms with E-state index in [9.17, 15) is 9.59 Å². The van der Waals surface area contributed by atoms with Gasteiger partial charge in [0.1, 0.15) is 5.54 Å². The number of hydrogen-bond acceptors (Lipinski definition) is 4. The molecule has 0 aliphatic carbocycles. The van der Waals surface area contributed by atoms with Gasteiger partial charge in [0.15, 0.2) is 0 Å². The van der Waals surface area contributed by atoms with Gasteiger partial charge in [0.2, 0.25) is 0 Å². The van der Waals surface area contributed by atoms with Crippen LogP contribution in [0.1, 0.15) is 17.4 Å². The first-order valence-electron chi connectivity index (χ1n) is 6.18. The normalized spacial score (nSPS) is 22.1. The number of thiazole rings is 1. The molecule has 1 aliphatic heterocycles. The Balaban J connectivity index is 2.01. The molecule has 1 atom stereocenters. The molecule has 2 aromatic rings. The van der Waals surface area contributed by atoms with Crippen LogP contribution in [0.25, 0.3) is 0 Å². The van der Waals surface area contributed by atoms with Crippen molar-refractivity contribution in [2.75, 3.05) is 0 Å². The predicted octanol–water partition coefficient (Wildman–Crippen LogP) is 2.11. The van der Waals surface area contributed by atoms with Crippen LogP contribution in [0.2, 0.25) is 0 Å². The third kappa shape index (κ3) is 1.89. The highest BCUT2D eigenvalue weighted by molar-refractivity contribution is 7.09. The van der Waals surface area contributed by atoms with Crippen LogP contribution in [-0.2, 0) is 16.9 Å². The number of carbonyl (C=O) groups excluding carboxylic acids is 2. The zero-order chi connectivity index (χ0) is 14.2. The molecular formula is C14H13N3O2S. The summed E-state index contributed by atoms with van der Waals surface area (Å²) in [6.45, 7) is 2.14. The highest BCUT2D eigenvalue weighted by atomic mass is 32.1. The zero-order valence-electron chi connectivity index (χ0n) is 10.9. The Morgan fingerprint density at radius 3 is 2.70 bits per heavy atom. The lowest BCUT2D eigenvalue weighted by Crippen LogP contribution is -2.43. The largest absolute Gasteiger partial charge is 0.325 e. The second-order valence-electron chi connectivity index (χ2n) is 4.75. The van der Waals surface area contributed by atoms with Crippen LogP contribution in [-0.4, -0.2) is 21.8 Å². The van der Waals surface area contributed by atoms with Crippen molar-refractivity contribution < 1.29 is 9.59 Å². The Bertz CT molecular complexity index is 642. The first-order valence-corrected chi connectivity index (χ1v) is 7.06. The van der Waals surface area contributed by atoms with Crippen molar-refractivity contribution in [2.24, 2.45) is 0 Å². The van der Waals surface area contributed by atoms with Gasteiger partial charge in [-0.25, -0.2) is 4.79 Å². The number of carbonyl (C=O) groups is 2. The van der Waals surface area contributed by atoms with E-state index in [1.807, 2.05) is 30.3 Å². The van der Waals surface area contributed by atoms with E-state index in [0.29, 0.717) is 6.54 Å². The highest BCUT2D eigenvalue weighted by Crippen LogP contribution is 2.34. The standard InChI is InChI=1S/C14H13N3O2S/c1-14(10-5-3-2-4-6-10)12(18)16-13(19)17(14)8-11-7-15-9-20-11/h2-7,9H,8H2,1H3,(H,16,18,19). The van der Waals surface area contributed by atoms with Crippen LogP contribution < -0.4 is 5.32 Å². The second-order valence-corrected chi connectivity index (χ2v) is 5.72. The average molecular weight is 287 g/mol. The number of benzene rings is 1. The molecule has 20 heavy (non-hydrogen) atoms. The van der Waals surface area contributed by atoms with Gasteiger partial charge in [0.25, 0.3) is 5.91 Å². The SMILES string of the molecule is CC1(c2ccccc2)C(=O)NC(=O)N1Cc1cncs1. The Morgan fingerprint density at radius 1 is 1.30 bits per heavy atom. The van der Waals surface area contributed by atoms with Crippen molar-refractivity contribution in [3.05, 3.63) is 52.5 Å². The predicted molar refractivity (Wildman–Crippen MR) is 75.0 cm³/mol. The minimum Gasteiger partial charge on any atom is -0.301 e. The minimum absolute atomic E-state index is 0.293. The van der Waals surface area contributed by atoms with Crippen molar-refractivity contribution in [1.29, 1.82) is 0 Å². The van der Waals surface area contributed by atoms with Crippen molar-refractivity contribution in [3.63, 3.8) is 0 Å². The van der Waals surface area contributed by atoms with E-state index in [-0.39, 0.29) is 11.9 Å². The van der Waals surface area contributed by atoms with Gasteiger partial charge >= 0.3 is 6.03 Å². The molecule has 1 aliphatic rings. The molecular weight excluding hydrogens is 274 g/mol. The zero-order valence-corrected chi connectivity index (χ0v) is 11.7. The first kappa shape index (κ1) is 12.8. The molecule has 3 rings (SSSR count). The molecule has 1 aromatic heterocycles. The first-order chi connectivity index (χ1) is 9.62. The van der Waals surface area contributed by atoms with E-state index in [2.05, 4.69) is 10.3 Å². The summed E-state index contributed by atoms with van der Waals surface area (Å²) in [5, 5.41) is 2.40. The lowest BCUT2D eigenvalue weighted by atomic mass is 9.90. The fourth-order valence-corrected chi connectivity index (χ4v) is 2.95. The number of aromatic nitrogens is 1. The van der Waals surface area contributed by atoms with E-state index < -0.39 is 5.54 Å². The fourth-order valence-electron chi connectivity index (χ4n) is 2.37. The third-order valence-electron chi connectivity index (χ3n) is 3.58. The van der Waals surface area contributed by atoms with Gasteiger partial charge in [-0.05, 0) is 12.5 Å². The molecule has 102 valence electrons. The monoisotopic (exact) mass is 287 g/mol. The molecule has 0 radical (unpaired) electrons. The van der Waals surface area contributed by atoms with Crippen molar-refractivity contribution in [3.8, 4) is 0 Å². The van der Waals surface area contributed by atoms with Crippen molar-refractivity contribution in [2.45, 2.75) is 19.0 Å². The summed E-state index contributed by atoms with van der Waals surface area (Å²) in [6, 6.07) is 8.96. The van der Waals surface area contributed by atoms with E-state index in [4.69, 9.17) is 0 Å². The molecule has 0 spiro atoms. The number of amides is 3. The highest BCUT2D eigenvalue weighted by Gasteiger charge is 2.50. The topological polar surface area (TPSA) is 62.3 Å². The van der Waals surface area contributed by atoms with Crippen LogP contribution in [0.5, 0.6) is 0 Å². The lowest BCUT2D eigenvalue weighted by Gasteiger charge is -2.31. The smallest absolute Gasteiger partial charge is 0.301 e. The molecule has 1 saturated heterocycles. The second kappa shape index (κ2) is 4.72. The molecule has 1 unspecified atom stereocenters. The van der Waals surface area contributed by atoms with Crippen LogP contribution >= 0.6 is 11.3 Å². The summed E-state index contributed by atoms with van der Waals surface area (Å²) in [4.78, 5) is 30.8. The van der Waals surface area contributed by atoms with E-state index in [1.165, 1.54) is 11.3 Å². The van der Waals surface area contributed by atoms with Gasteiger partial charge in [-0.15, -0.1) is 11.3 Å². The number of urea groups is 1. The lowest BCUT2D eigenvalue weighted by molar-refractivity contribution is -0.126. The van der Waals surface area contributed by atoms with Crippen molar-refractivity contribution >= 4 is 23.3 Å². The Kier molecular flexibility index (Phi) is 3.02. The van der Waals surface area contributed by atoms with Crippen molar-refractivity contribution in [1.82, 2.24) is 15.2 Å². The maximum Gasteiger partial charge on any atom is 0.325 e. The molecule has 3 amide bonds. The molecule has 5 nitrogen and oxygen atoms in total. The minimum atomic E-state index is -0.984. The molecule has 6 heteroatoms. The summed E-state index contributed by atoms with van der Waals surface area (Å²) in [5.41, 5.74) is 1.53. The summed E-state index contributed by atoms with van der Waals surface area (Å²) in [5.74, 6) is -0.293. The van der Waals surface area contributed by atoms with Crippen LogP contribution in [0.4, 0.5) is 4.79 Å². The van der Waals surface area contributed by atoms with Crippen LogP contribution in [0.3, 0.4) is 0 Å². The quantitative estimate of drug-likeness (QED) is 0.879. The van der Waals surface area contributed by atoms with Gasteiger partial charge in [-0.3, -0.25) is 15.1 Å². The Labute approximate surface area is 120 Å². The molecule has 0 bridgehead atoms. The number of imide groups is 1.